The van der Waals surface area contributed by atoms with Crippen LogP contribution in [0.25, 0.3) is 0 Å². The monoisotopic (exact) mass is 331 g/mol. The van der Waals surface area contributed by atoms with Crippen molar-refractivity contribution in [3.63, 3.8) is 0 Å². The maximum absolute atomic E-state index is 11.9. The predicted octanol–water partition coefficient (Wildman–Crippen LogP) is 3.07. The number of fused-ring (bicyclic) bond motifs is 1. The first-order chi connectivity index (χ1) is 11.3. The minimum absolute atomic E-state index is 0.138. The first-order valence-electron chi connectivity index (χ1n) is 7.83. The third-order valence-corrected chi connectivity index (χ3v) is 4.96. The van der Waals surface area contributed by atoms with E-state index >= 15 is 0 Å². The highest BCUT2D eigenvalue weighted by Crippen LogP contribution is 2.33. The average Bonchev–Trinajstić information content (AvgIpc) is 3.11. The Kier molecular flexibility index (Phi) is 5.12. The van der Waals surface area contributed by atoms with Crippen LogP contribution in [0.5, 0.6) is 5.75 Å². The quantitative estimate of drug-likeness (QED) is 0.885. The van der Waals surface area contributed by atoms with Crippen molar-refractivity contribution >= 4 is 17.4 Å². The molecule has 0 fully saturated rings. The molecule has 0 spiro atoms. The lowest BCUT2D eigenvalue weighted by Gasteiger charge is -2.26. The Morgan fingerprint density at radius 1 is 1.43 bits per heavy atom. The van der Waals surface area contributed by atoms with Crippen LogP contribution in [-0.2, 0) is 13.0 Å². The number of hydrogen-bond acceptors (Lipinski definition) is 4. The van der Waals surface area contributed by atoms with Crippen molar-refractivity contribution in [2.75, 3.05) is 13.7 Å². The summed E-state index contributed by atoms with van der Waals surface area (Å²) in [6.45, 7) is 1.13. The van der Waals surface area contributed by atoms with Crippen molar-refractivity contribution in [1.82, 2.24) is 15.6 Å². The topological polar surface area (TPSA) is 63.2 Å². The van der Waals surface area contributed by atoms with Crippen LogP contribution in [0.1, 0.15) is 34.9 Å². The number of thiazole rings is 1. The molecule has 122 valence electrons. The largest absolute Gasteiger partial charge is 0.497 e. The number of aromatic nitrogens is 1. The van der Waals surface area contributed by atoms with E-state index in [9.17, 15) is 4.79 Å². The fraction of sp³-hybridized carbons (Fsp3) is 0.412. The summed E-state index contributed by atoms with van der Waals surface area (Å²) in [7, 11) is 1.69. The van der Waals surface area contributed by atoms with Gasteiger partial charge in [-0.15, -0.1) is 11.3 Å². The third-order valence-electron chi connectivity index (χ3n) is 4.18. The Labute approximate surface area is 140 Å². The number of amides is 2. The Bertz CT molecular complexity index is 658. The molecule has 2 N–H and O–H groups in total. The molecule has 0 radical (unpaired) electrons. The number of methoxy groups -OCH3 is 1. The van der Waals surface area contributed by atoms with Crippen LogP contribution in [0.3, 0.4) is 0 Å². The third kappa shape index (κ3) is 4.01. The molecule has 1 aromatic carbocycles. The van der Waals surface area contributed by atoms with E-state index in [2.05, 4.69) is 27.8 Å². The number of aryl methyl sites for hydroxylation is 1. The van der Waals surface area contributed by atoms with Crippen molar-refractivity contribution < 1.29 is 9.53 Å². The second-order valence-corrected chi connectivity index (χ2v) is 6.62. The summed E-state index contributed by atoms with van der Waals surface area (Å²) >= 11 is 1.54. The van der Waals surface area contributed by atoms with Crippen LogP contribution in [-0.4, -0.2) is 24.7 Å². The van der Waals surface area contributed by atoms with Gasteiger partial charge >= 0.3 is 6.03 Å². The van der Waals surface area contributed by atoms with Gasteiger partial charge in [0.05, 0.1) is 13.7 Å². The number of carbonyl (C=O) groups excluding carboxylic acids is 1. The summed E-state index contributed by atoms with van der Waals surface area (Å²) in [6.07, 6.45) is 5.07. The van der Waals surface area contributed by atoms with Gasteiger partial charge in [-0.05, 0) is 42.5 Å². The maximum atomic E-state index is 11.9. The molecule has 1 aliphatic rings. The van der Waals surface area contributed by atoms with E-state index in [1.807, 2.05) is 11.4 Å². The van der Waals surface area contributed by atoms with E-state index in [4.69, 9.17) is 4.74 Å². The second-order valence-electron chi connectivity index (χ2n) is 5.64. The smallest absolute Gasteiger partial charge is 0.315 e. The first kappa shape index (κ1) is 15.8. The Morgan fingerprint density at radius 3 is 3.13 bits per heavy atom. The molecule has 6 heteroatoms. The summed E-state index contributed by atoms with van der Waals surface area (Å²) in [5.41, 5.74) is 2.67. The molecule has 1 atom stereocenters. The number of nitrogens with zero attached hydrogens (tertiary/aromatic N) is 1. The number of ether oxygens (including phenoxy) is 1. The molecule has 0 bridgehead atoms. The molecule has 0 unspecified atom stereocenters. The Morgan fingerprint density at radius 2 is 2.35 bits per heavy atom. The van der Waals surface area contributed by atoms with Gasteiger partial charge in [0.2, 0.25) is 0 Å². The zero-order chi connectivity index (χ0) is 16.1. The summed E-state index contributed by atoms with van der Waals surface area (Å²) in [4.78, 5) is 16.1. The fourth-order valence-electron chi connectivity index (χ4n) is 3.00. The van der Waals surface area contributed by atoms with E-state index in [0.29, 0.717) is 19.0 Å². The van der Waals surface area contributed by atoms with E-state index < -0.39 is 0 Å². The summed E-state index contributed by atoms with van der Waals surface area (Å²) < 4.78 is 5.30. The van der Waals surface area contributed by atoms with Crippen LogP contribution < -0.4 is 15.4 Å². The summed E-state index contributed by atoms with van der Waals surface area (Å²) in [6, 6.07) is 6.11. The van der Waals surface area contributed by atoms with Gasteiger partial charge in [-0.2, -0.15) is 0 Å². The first-order valence-corrected chi connectivity index (χ1v) is 8.71. The van der Waals surface area contributed by atoms with E-state index in [1.54, 1.807) is 13.3 Å². The van der Waals surface area contributed by atoms with Crippen molar-refractivity contribution in [2.24, 2.45) is 0 Å². The maximum Gasteiger partial charge on any atom is 0.315 e. The van der Waals surface area contributed by atoms with Crippen molar-refractivity contribution in [1.29, 1.82) is 0 Å². The van der Waals surface area contributed by atoms with Crippen LogP contribution in [0.2, 0.25) is 0 Å². The zero-order valence-corrected chi connectivity index (χ0v) is 14.0. The van der Waals surface area contributed by atoms with Crippen molar-refractivity contribution in [2.45, 2.75) is 31.7 Å². The predicted molar refractivity (Wildman–Crippen MR) is 91.0 cm³/mol. The molecule has 0 aliphatic heterocycles. The van der Waals surface area contributed by atoms with Crippen LogP contribution in [0.15, 0.2) is 29.8 Å². The van der Waals surface area contributed by atoms with Gasteiger partial charge in [0.25, 0.3) is 0 Å². The molecule has 2 aromatic rings. The minimum atomic E-state index is -0.138. The molecule has 1 heterocycles. The van der Waals surface area contributed by atoms with Crippen LogP contribution >= 0.6 is 11.3 Å². The van der Waals surface area contributed by atoms with Crippen LogP contribution in [0.4, 0.5) is 4.79 Å². The Balaban J connectivity index is 1.54. The molecule has 5 nitrogen and oxygen atoms in total. The highest BCUT2D eigenvalue weighted by Gasteiger charge is 2.21. The fourth-order valence-corrected chi connectivity index (χ4v) is 3.56. The number of urea groups is 1. The van der Waals surface area contributed by atoms with Crippen molar-refractivity contribution in [3.05, 3.63) is 45.9 Å². The number of rotatable bonds is 5. The minimum Gasteiger partial charge on any atom is -0.497 e. The Hall–Kier alpha value is -2.08. The van der Waals surface area contributed by atoms with E-state index in [1.165, 1.54) is 22.5 Å². The zero-order valence-electron chi connectivity index (χ0n) is 13.2. The van der Waals surface area contributed by atoms with Gasteiger partial charge in [0, 0.05) is 24.0 Å². The highest BCUT2D eigenvalue weighted by molar-refractivity contribution is 7.09. The lowest BCUT2D eigenvalue weighted by Crippen LogP contribution is -2.38. The average molecular weight is 331 g/mol. The second kappa shape index (κ2) is 7.46. The lowest BCUT2D eigenvalue weighted by molar-refractivity contribution is 0.239. The van der Waals surface area contributed by atoms with Gasteiger partial charge in [0.15, 0.2) is 0 Å². The van der Waals surface area contributed by atoms with Crippen LogP contribution in [0, 0.1) is 0 Å². The number of benzene rings is 1. The molecule has 23 heavy (non-hydrogen) atoms. The summed E-state index contributed by atoms with van der Waals surface area (Å²) in [5, 5.41) is 8.64. The molecule has 0 saturated heterocycles. The number of hydrogen-bond donors (Lipinski definition) is 2. The van der Waals surface area contributed by atoms with E-state index in [-0.39, 0.29) is 6.03 Å². The number of carbonyl (C=O) groups is 1. The van der Waals surface area contributed by atoms with Gasteiger partial charge in [-0.3, -0.25) is 0 Å². The van der Waals surface area contributed by atoms with Gasteiger partial charge in [0.1, 0.15) is 10.8 Å². The number of nitrogens with one attached hydrogen (secondary N) is 2. The van der Waals surface area contributed by atoms with E-state index in [0.717, 1.165) is 30.0 Å². The lowest BCUT2D eigenvalue weighted by atomic mass is 9.82. The van der Waals surface area contributed by atoms with Crippen molar-refractivity contribution in [3.8, 4) is 5.75 Å². The molecular formula is C17H21N3O2S. The molecule has 1 aliphatic carbocycles. The van der Waals surface area contributed by atoms with Gasteiger partial charge in [-0.1, -0.05) is 6.07 Å². The van der Waals surface area contributed by atoms with Gasteiger partial charge in [-0.25, -0.2) is 9.78 Å². The van der Waals surface area contributed by atoms with Gasteiger partial charge < -0.3 is 15.4 Å². The normalized spacial score (nSPS) is 16.5. The standard InChI is InChI=1S/C17H21N3O2S/c1-22-14-5-6-15-12(9-14)3-2-4-13(15)10-19-17(21)20-11-16-18-7-8-23-16/h5-9,13H,2-4,10-11H2,1H3,(H2,19,20,21)/t13-/m1/s1. The molecule has 3 rings (SSSR count). The molecule has 0 saturated carbocycles. The summed E-state index contributed by atoms with van der Waals surface area (Å²) in [5.74, 6) is 1.27. The molecule has 2 amide bonds. The highest BCUT2D eigenvalue weighted by atomic mass is 32.1. The SMILES string of the molecule is COc1ccc2c(c1)CCC[C@@H]2CNC(=O)NCc1nccs1. The molecular weight excluding hydrogens is 310 g/mol. The molecule has 1 aromatic heterocycles.